The molecule has 0 aliphatic carbocycles. The molecule has 0 aromatic carbocycles. The number of nitro groups is 2. The van der Waals surface area contributed by atoms with Gasteiger partial charge in [-0.2, -0.15) is 4.57 Å². The molecule has 0 unspecified atom stereocenters. The molecule has 110 valence electrons. The first-order valence-corrected chi connectivity index (χ1v) is 5.62. The normalized spacial score (nSPS) is 10.3. The quantitative estimate of drug-likeness (QED) is 0.606. The summed E-state index contributed by atoms with van der Waals surface area (Å²) in [7, 11) is 0. The van der Waals surface area contributed by atoms with E-state index in [4.69, 9.17) is 4.42 Å². The van der Waals surface area contributed by atoms with Crippen LogP contribution in [-0.2, 0) is 17.9 Å². The van der Waals surface area contributed by atoms with Crippen molar-refractivity contribution < 1.29 is 19.1 Å². The summed E-state index contributed by atoms with van der Waals surface area (Å²) in [6.07, 6.45) is 2.31. The lowest BCUT2D eigenvalue weighted by atomic mass is 10.4. The fourth-order valence-corrected chi connectivity index (χ4v) is 1.61. The Hall–Kier alpha value is -3.24. The van der Waals surface area contributed by atoms with Crippen molar-refractivity contribution in [3.63, 3.8) is 0 Å². The minimum atomic E-state index is -0.977. The summed E-state index contributed by atoms with van der Waals surface area (Å²) in [5.41, 5.74) is 0. The van der Waals surface area contributed by atoms with Gasteiger partial charge in [-0.3, -0.25) is 4.79 Å². The number of imidazole rings is 1. The van der Waals surface area contributed by atoms with Crippen LogP contribution in [0.5, 0.6) is 0 Å². The molecule has 0 saturated carbocycles. The van der Waals surface area contributed by atoms with Crippen molar-refractivity contribution in [1.29, 1.82) is 0 Å². The smallest absolute Gasteiger partial charge is 0.462 e. The molecular weight excluding hydrogens is 286 g/mol. The zero-order valence-electron chi connectivity index (χ0n) is 10.5. The van der Waals surface area contributed by atoms with E-state index in [1.54, 1.807) is 12.1 Å². The minimum Gasteiger partial charge on any atom is -0.467 e. The molecule has 0 aliphatic heterocycles. The standard InChI is InChI=1S/C10H9N5O6/c16-8(11-4-7-2-1-3-21-7)5-13-6-12-9(14(17)18)10(13)15(19)20/h1-3,6H,4-5H2,(H,11,16). The first-order chi connectivity index (χ1) is 9.99. The second kappa shape index (κ2) is 5.81. The number of aromatic nitrogens is 2. The van der Waals surface area contributed by atoms with Gasteiger partial charge in [-0.15, -0.1) is 0 Å². The molecule has 2 aromatic rings. The van der Waals surface area contributed by atoms with Crippen molar-refractivity contribution in [2.24, 2.45) is 0 Å². The van der Waals surface area contributed by atoms with Gasteiger partial charge in [0.25, 0.3) is 12.2 Å². The van der Waals surface area contributed by atoms with Crippen LogP contribution in [-0.4, -0.2) is 25.3 Å². The van der Waals surface area contributed by atoms with Crippen LogP contribution in [0.3, 0.4) is 0 Å². The van der Waals surface area contributed by atoms with E-state index < -0.39 is 33.9 Å². The highest BCUT2D eigenvalue weighted by molar-refractivity contribution is 5.76. The van der Waals surface area contributed by atoms with E-state index in [9.17, 15) is 25.0 Å². The number of nitrogens with zero attached hydrogens (tertiary/aromatic N) is 4. The fourth-order valence-electron chi connectivity index (χ4n) is 1.61. The van der Waals surface area contributed by atoms with Crippen LogP contribution >= 0.6 is 0 Å². The SMILES string of the molecule is O=C(Cn1cnc([N+](=O)[O-])c1[N+](=O)[O-])NCc1ccco1. The second-order valence-corrected chi connectivity index (χ2v) is 3.89. The summed E-state index contributed by atoms with van der Waals surface area (Å²) < 4.78 is 5.80. The number of carbonyl (C=O) groups excluding carboxylic acids is 1. The van der Waals surface area contributed by atoms with Gasteiger partial charge in [-0.05, 0) is 22.0 Å². The fraction of sp³-hybridized carbons (Fsp3) is 0.200. The Labute approximate surface area is 116 Å². The molecule has 11 nitrogen and oxygen atoms in total. The van der Waals surface area contributed by atoms with E-state index >= 15 is 0 Å². The maximum Gasteiger partial charge on any atom is 0.462 e. The predicted octanol–water partition coefficient (Wildman–Crippen LogP) is 0.609. The van der Waals surface area contributed by atoms with Gasteiger partial charge in [0.1, 0.15) is 5.76 Å². The zero-order chi connectivity index (χ0) is 15.4. The lowest BCUT2D eigenvalue weighted by Gasteiger charge is -2.02. The monoisotopic (exact) mass is 295 g/mol. The van der Waals surface area contributed by atoms with Crippen LogP contribution in [0.15, 0.2) is 29.1 Å². The highest BCUT2D eigenvalue weighted by atomic mass is 16.6. The molecule has 1 N–H and O–H groups in total. The van der Waals surface area contributed by atoms with Crippen LogP contribution in [0.2, 0.25) is 0 Å². The molecule has 0 radical (unpaired) electrons. The molecule has 0 spiro atoms. The topological polar surface area (TPSA) is 146 Å². The van der Waals surface area contributed by atoms with Gasteiger partial charge in [0.15, 0.2) is 6.54 Å². The van der Waals surface area contributed by atoms with Crippen molar-refractivity contribution >= 4 is 17.5 Å². The Kier molecular flexibility index (Phi) is 3.92. The molecular formula is C10H9N5O6. The van der Waals surface area contributed by atoms with Gasteiger partial charge < -0.3 is 30.0 Å². The highest BCUT2D eigenvalue weighted by Crippen LogP contribution is 2.24. The Morgan fingerprint density at radius 2 is 2.14 bits per heavy atom. The summed E-state index contributed by atoms with van der Waals surface area (Å²) in [5, 5.41) is 23.9. The van der Waals surface area contributed by atoms with Crippen LogP contribution in [0.4, 0.5) is 11.6 Å². The third-order valence-corrected chi connectivity index (χ3v) is 2.49. The predicted molar refractivity (Wildman–Crippen MR) is 66.1 cm³/mol. The summed E-state index contributed by atoms with van der Waals surface area (Å²) in [6.45, 7) is -0.353. The van der Waals surface area contributed by atoms with Crippen LogP contribution < -0.4 is 5.32 Å². The van der Waals surface area contributed by atoms with Crippen molar-refractivity contribution in [2.75, 3.05) is 0 Å². The minimum absolute atomic E-state index is 0.108. The van der Waals surface area contributed by atoms with Crippen molar-refractivity contribution in [2.45, 2.75) is 13.1 Å². The van der Waals surface area contributed by atoms with Crippen LogP contribution in [0, 0.1) is 20.2 Å². The molecule has 11 heteroatoms. The largest absolute Gasteiger partial charge is 0.467 e. The lowest BCUT2D eigenvalue weighted by molar-refractivity contribution is -0.428. The molecule has 0 saturated heterocycles. The van der Waals surface area contributed by atoms with Crippen LogP contribution in [0.1, 0.15) is 5.76 Å². The number of furan rings is 1. The van der Waals surface area contributed by atoms with Crippen LogP contribution in [0.25, 0.3) is 0 Å². The summed E-state index contributed by atoms with van der Waals surface area (Å²) in [6, 6.07) is 3.29. The molecule has 2 heterocycles. The number of hydrogen-bond donors (Lipinski definition) is 1. The van der Waals surface area contributed by atoms with E-state index in [-0.39, 0.29) is 6.54 Å². The molecule has 0 atom stereocenters. The second-order valence-electron chi connectivity index (χ2n) is 3.89. The molecule has 2 rings (SSSR count). The zero-order valence-corrected chi connectivity index (χ0v) is 10.5. The third-order valence-electron chi connectivity index (χ3n) is 2.49. The van der Waals surface area contributed by atoms with Gasteiger partial charge in [-0.1, -0.05) is 0 Å². The Balaban J connectivity index is 2.07. The first kappa shape index (κ1) is 14.2. The molecule has 0 bridgehead atoms. The van der Waals surface area contributed by atoms with Gasteiger partial charge in [0.2, 0.25) is 0 Å². The highest BCUT2D eigenvalue weighted by Gasteiger charge is 2.33. The van der Waals surface area contributed by atoms with E-state index in [2.05, 4.69) is 10.3 Å². The van der Waals surface area contributed by atoms with E-state index in [0.29, 0.717) is 5.76 Å². The van der Waals surface area contributed by atoms with E-state index in [1.165, 1.54) is 6.26 Å². The molecule has 2 aromatic heterocycles. The molecule has 0 fully saturated rings. The van der Waals surface area contributed by atoms with Crippen molar-refractivity contribution in [3.05, 3.63) is 50.7 Å². The maximum absolute atomic E-state index is 11.7. The maximum atomic E-state index is 11.7. The number of carbonyl (C=O) groups is 1. The lowest BCUT2D eigenvalue weighted by Crippen LogP contribution is -2.27. The molecule has 21 heavy (non-hydrogen) atoms. The first-order valence-electron chi connectivity index (χ1n) is 5.62. The van der Waals surface area contributed by atoms with Crippen molar-refractivity contribution in [1.82, 2.24) is 14.9 Å². The molecule has 1 amide bonds. The Bertz CT molecular complexity index is 676. The van der Waals surface area contributed by atoms with Gasteiger partial charge >= 0.3 is 11.6 Å². The Morgan fingerprint density at radius 1 is 1.38 bits per heavy atom. The number of amides is 1. The molecule has 0 aliphatic rings. The average Bonchev–Trinajstić information content (AvgIpc) is 3.04. The number of hydrogen-bond acceptors (Lipinski definition) is 7. The van der Waals surface area contributed by atoms with E-state index in [0.717, 1.165) is 10.9 Å². The summed E-state index contributed by atoms with van der Waals surface area (Å²) >= 11 is 0. The van der Waals surface area contributed by atoms with Gasteiger partial charge in [0.05, 0.1) is 12.8 Å². The number of nitrogens with one attached hydrogen (secondary N) is 1. The van der Waals surface area contributed by atoms with Gasteiger partial charge in [-0.25, -0.2) is 0 Å². The summed E-state index contributed by atoms with van der Waals surface area (Å²) in [4.78, 5) is 34.5. The third kappa shape index (κ3) is 3.20. The Morgan fingerprint density at radius 3 is 2.71 bits per heavy atom. The van der Waals surface area contributed by atoms with Crippen molar-refractivity contribution in [3.8, 4) is 0 Å². The van der Waals surface area contributed by atoms with E-state index in [1.807, 2.05) is 0 Å². The number of rotatable bonds is 6. The van der Waals surface area contributed by atoms with Gasteiger partial charge in [0, 0.05) is 4.98 Å². The average molecular weight is 295 g/mol. The summed E-state index contributed by atoms with van der Waals surface area (Å²) in [5.74, 6) is -1.80.